The number of aliphatic hydroxyl groups is 1. The molecule has 2 N–H and O–H groups in total. The third kappa shape index (κ3) is 3.09. The van der Waals surface area contributed by atoms with E-state index >= 15 is 0 Å². The van der Waals surface area contributed by atoms with Crippen molar-refractivity contribution < 1.29 is 14.3 Å². The van der Waals surface area contributed by atoms with Gasteiger partial charge in [0.1, 0.15) is 6.26 Å². The molecule has 1 saturated carbocycles. The standard InChI is InChI=1S/C13H19NO3/c1-10-3-2-5-13(16,7-10)9-14-12(15)11-4-6-17-8-11/h4,6,8,10,16H,2-3,5,7,9H2,1H3,(H,14,15). The van der Waals surface area contributed by atoms with Crippen molar-refractivity contribution in [1.29, 1.82) is 0 Å². The molecule has 94 valence electrons. The topological polar surface area (TPSA) is 62.5 Å². The summed E-state index contributed by atoms with van der Waals surface area (Å²) in [6.45, 7) is 2.46. The quantitative estimate of drug-likeness (QED) is 0.844. The molecule has 0 spiro atoms. The minimum Gasteiger partial charge on any atom is -0.472 e. The number of furan rings is 1. The molecule has 0 aliphatic heterocycles. The van der Waals surface area contributed by atoms with Gasteiger partial charge in [0.25, 0.3) is 5.91 Å². The van der Waals surface area contributed by atoms with E-state index in [-0.39, 0.29) is 5.91 Å². The summed E-state index contributed by atoms with van der Waals surface area (Å²) in [5.41, 5.74) is -0.241. The molecule has 1 aromatic rings. The molecular formula is C13H19NO3. The lowest BCUT2D eigenvalue weighted by Crippen LogP contribution is -2.45. The summed E-state index contributed by atoms with van der Waals surface area (Å²) in [5.74, 6) is 0.338. The molecule has 4 heteroatoms. The normalized spacial score (nSPS) is 28.9. The Balaban J connectivity index is 1.87. The Morgan fingerprint density at radius 3 is 3.18 bits per heavy atom. The van der Waals surface area contributed by atoms with E-state index in [9.17, 15) is 9.90 Å². The summed E-state index contributed by atoms with van der Waals surface area (Å²) < 4.78 is 4.85. The lowest BCUT2D eigenvalue weighted by atomic mass is 9.79. The number of amides is 1. The first-order valence-electron chi connectivity index (χ1n) is 6.12. The lowest BCUT2D eigenvalue weighted by molar-refractivity contribution is -0.0109. The molecule has 17 heavy (non-hydrogen) atoms. The highest BCUT2D eigenvalue weighted by Crippen LogP contribution is 2.31. The number of hydrogen-bond acceptors (Lipinski definition) is 3. The first-order chi connectivity index (χ1) is 8.09. The molecule has 1 heterocycles. The Morgan fingerprint density at radius 1 is 1.71 bits per heavy atom. The van der Waals surface area contributed by atoms with Gasteiger partial charge in [-0.2, -0.15) is 0 Å². The van der Waals surface area contributed by atoms with Gasteiger partial charge >= 0.3 is 0 Å². The van der Waals surface area contributed by atoms with Crippen LogP contribution in [0.15, 0.2) is 23.0 Å². The zero-order chi connectivity index (χ0) is 12.3. The van der Waals surface area contributed by atoms with Gasteiger partial charge in [0.2, 0.25) is 0 Å². The fourth-order valence-electron chi connectivity index (χ4n) is 2.53. The van der Waals surface area contributed by atoms with Crippen LogP contribution in [0.25, 0.3) is 0 Å². The van der Waals surface area contributed by atoms with Gasteiger partial charge in [0.05, 0.1) is 17.4 Å². The highest BCUT2D eigenvalue weighted by atomic mass is 16.3. The molecule has 1 aliphatic carbocycles. The molecule has 0 saturated heterocycles. The van der Waals surface area contributed by atoms with E-state index < -0.39 is 5.60 Å². The first kappa shape index (κ1) is 12.2. The highest BCUT2D eigenvalue weighted by molar-refractivity contribution is 5.93. The van der Waals surface area contributed by atoms with Gasteiger partial charge in [-0.15, -0.1) is 0 Å². The predicted octanol–water partition coefficient (Wildman–Crippen LogP) is 1.95. The van der Waals surface area contributed by atoms with E-state index in [1.54, 1.807) is 6.07 Å². The molecule has 2 unspecified atom stereocenters. The van der Waals surface area contributed by atoms with Crippen LogP contribution in [0.1, 0.15) is 43.0 Å². The number of carbonyl (C=O) groups is 1. The molecule has 1 fully saturated rings. The Labute approximate surface area is 101 Å². The van der Waals surface area contributed by atoms with E-state index in [2.05, 4.69) is 12.2 Å². The van der Waals surface area contributed by atoms with Crippen molar-refractivity contribution in [3.05, 3.63) is 24.2 Å². The van der Waals surface area contributed by atoms with Gasteiger partial charge in [0, 0.05) is 6.54 Å². The molecular weight excluding hydrogens is 218 g/mol. The number of nitrogens with one attached hydrogen (secondary N) is 1. The van der Waals surface area contributed by atoms with Crippen LogP contribution in [-0.4, -0.2) is 23.2 Å². The summed E-state index contributed by atoms with van der Waals surface area (Å²) >= 11 is 0. The Hall–Kier alpha value is -1.29. The molecule has 0 aromatic carbocycles. The molecule has 0 radical (unpaired) electrons. The highest BCUT2D eigenvalue weighted by Gasteiger charge is 2.32. The smallest absolute Gasteiger partial charge is 0.254 e. The fraction of sp³-hybridized carbons (Fsp3) is 0.615. The lowest BCUT2D eigenvalue weighted by Gasteiger charge is -2.35. The zero-order valence-electron chi connectivity index (χ0n) is 10.1. The van der Waals surface area contributed by atoms with Gasteiger partial charge < -0.3 is 14.8 Å². The zero-order valence-corrected chi connectivity index (χ0v) is 10.1. The second kappa shape index (κ2) is 4.92. The monoisotopic (exact) mass is 237 g/mol. The largest absolute Gasteiger partial charge is 0.472 e. The molecule has 1 aromatic heterocycles. The number of carbonyl (C=O) groups excluding carboxylic acids is 1. The van der Waals surface area contributed by atoms with Crippen molar-refractivity contribution in [2.24, 2.45) is 5.92 Å². The van der Waals surface area contributed by atoms with Crippen LogP contribution in [-0.2, 0) is 0 Å². The second-order valence-electron chi connectivity index (χ2n) is 5.12. The van der Waals surface area contributed by atoms with E-state index in [4.69, 9.17) is 4.42 Å². The maximum atomic E-state index is 11.7. The van der Waals surface area contributed by atoms with Crippen LogP contribution in [0.5, 0.6) is 0 Å². The average molecular weight is 237 g/mol. The van der Waals surface area contributed by atoms with Gasteiger partial charge in [-0.3, -0.25) is 4.79 Å². The maximum absolute atomic E-state index is 11.7. The van der Waals surface area contributed by atoms with Crippen LogP contribution in [0.2, 0.25) is 0 Å². The summed E-state index contributed by atoms with van der Waals surface area (Å²) in [7, 11) is 0. The minimum absolute atomic E-state index is 0.189. The van der Waals surface area contributed by atoms with Gasteiger partial charge in [-0.25, -0.2) is 0 Å². The van der Waals surface area contributed by atoms with Crippen molar-refractivity contribution in [3.63, 3.8) is 0 Å². The van der Waals surface area contributed by atoms with Gasteiger partial charge in [-0.05, 0) is 24.8 Å². The van der Waals surface area contributed by atoms with Gasteiger partial charge in [-0.1, -0.05) is 19.8 Å². The summed E-state index contributed by atoms with van der Waals surface area (Å²) in [5, 5.41) is 13.1. The van der Waals surface area contributed by atoms with Crippen molar-refractivity contribution in [2.75, 3.05) is 6.54 Å². The maximum Gasteiger partial charge on any atom is 0.254 e. The van der Waals surface area contributed by atoms with Crippen molar-refractivity contribution in [3.8, 4) is 0 Å². The second-order valence-corrected chi connectivity index (χ2v) is 5.12. The van der Waals surface area contributed by atoms with E-state index in [0.717, 1.165) is 25.7 Å². The van der Waals surface area contributed by atoms with Crippen LogP contribution in [0.4, 0.5) is 0 Å². The molecule has 0 bridgehead atoms. The van der Waals surface area contributed by atoms with Crippen LogP contribution in [0.3, 0.4) is 0 Å². The van der Waals surface area contributed by atoms with Gasteiger partial charge in [0.15, 0.2) is 0 Å². The fourth-order valence-corrected chi connectivity index (χ4v) is 2.53. The molecule has 1 aliphatic rings. The minimum atomic E-state index is -0.739. The Morgan fingerprint density at radius 2 is 2.53 bits per heavy atom. The Kier molecular flexibility index (Phi) is 3.52. The van der Waals surface area contributed by atoms with Crippen molar-refractivity contribution in [1.82, 2.24) is 5.32 Å². The third-order valence-electron chi connectivity index (χ3n) is 3.43. The van der Waals surface area contributed by atoms with E-state index in [1.807, 2.05) is 0 Å². The third-order valence-corrected chi connectivity index (χ3v) is 3.43. The van der Waals surface area contributed by atoms with Crippen LogP contribution < -0.4 is 5.32 Å². The van der Waals surface area contributed by atoms with Crippen LogP contribution in [0, 0.1) is 5.92 Å². The summed E-state index contributed by atoms with van der Waals surface area (Å²) in [6.07, 6.45) is 6.59. The van der Waals surface area contributed by atoms with Crippen LogP contribution >= 0.6 is 0 Å². The summed E-state index contributed by atoms with van der Waals surface area (Å²) in [6, 6.07) is 1.61. The van der Waals surface area contributed by atoms with E-state index in [0.29, 0.717) is 18.0 Å². The first-order valence-corrected chi connectivity index (χ1v) is 6.12. The summed E-state index contributed by atoms with van der Waals surface area (Å²) in [4.78, 5) is 11.7. The molecule has 2 atom stereocenters. The molecule has 1 amide bonds. The predicted molar refractivity (Wildman–Crippen MR) is 63.6 cm³/mol. The van der Waals surface area contributed by atoms with Crippen molar-refractivity contribution >= 4 is 5.91 Å². The van der Waals surface area contributed by atoms with E-state index in [1.165, 1.54) is 12.5 Å². The molecule has 2 rings (SSSR count). The molecule has 4 nitrogen and oxygen atoms in total. The number of hydrogen-bond donors (Lipinski definition) is 2. The number of rotatable bonds is 3. The SMILES string of the molecule is CC1CCCC(O)(CNC(=O)c2ccoc2)C1. The average Bonchev–Trinajstić information content (AvgIpc) is 2.79. The Bertz CT molecular complexity index is 374. The van der Waals surface area contributed by atoms with Crippen molar-refractivity contribution in [2.45, 2.75) is 38.2 Å².